The Labute approximate surface area is 313 Å². The van der Waals surface area contributed by atoms with Gasteiger partial charge in [-0.2, -0.15) is 4.21 Å². The van der Waals surface area contributed by atoms with Gasteiger partial charge < -0.3 is 14.9 Å². The van der Waals surface area contributed by atoms with Crippen molar-refractivity contribution in [1.82, 2.24) is 0 Å². The molecule has 3 aliphatic heterocycles. The molecular weight excluding hydrogens is 723 g/mol. The average Bonchev–Trinajstić information content (AvgIpc) is 3.38. The molecule has 3 heterocycles. The van der Waals surface area contributed by atoms with Gasteiger partial charge in [-0.3, -0.25) is 8.37 Å². The molecule has 5 aliphatic rings. The first-order chi connectivity index (χ1) is 26.2. The first-order valence-corrected chi connectivity index (χ1v) is 19.4. The molecule has 0 bridgehead atoms. The van der Waals surface area contributed by atoms with E-state index in [9.17, 15) is 26.9 Å². The molecule has 0 amide bonds. The number of rotatable bonds is 3. The van der Waals surface area contributed by atoms with Gasteiger partial charge in [-0.15, -0.1) is 0 Å². The molecule has 54 heavy (non-hydrogen) atoms. The molecule has 7 atom stereocenters. The molecule has 14 heteroatoms. The number of anilines is 4. The van der Waals surface area contributed by atoms with Crippen molar-refractivity contribution in [1.29, 1.82) is 0 Å². The summed E-state index contributed by atoms with van der Waals surface area (Å²) < 4.78 is 78.4. The van der Waals surface area contributed by atoms with Crippen LogP contribution in [0.1, 0.15) is 60.8 Å². The van der Waals surface area contributed by atoms with Crippen molar-refractivity contribution in [2.75, 3.05) is 9.80 Å². The lowest BCUT2D eigenvalue weighted by Crippen LogP contribution is -2.49. The quantitative estimate of drug-likeness (QED) is 0.0967. The van der Waals surface area contributed by atoms with Crippen molar-refractivity contribution in [2.24, 2.45) is 5.11 Å². The van der Waals surface area contributed by atoms with Gasteiger partial charge in [0, 0.05) is 27.7 Å². The first kappa shape index (κ1) is 36.5. The van der Waals surface area contributed by atoms with Crippen LogP contribution in [-0.4, -0.2) is 45.8 Å². The molecule has 2 saturated carbocycles. The molecule has 9 nitrogen and oxygen atoms in total. The van der Waals surface area contributed by atoms with Crippen LogP contribution in [0.4, 0.5) is 40.3 Å². The summed E-state index contributed by atoms with van der Waals surface area (Å²) in [6, 6.07) is 17.8. The molecule has 4 aromatic rings. The van der Waals surface area contributed by atoms with E-state index in [1.165, 1.54) is 36.4 Å². The van der Waals surface area contributed by atoms with Crippen LogP contribution in [0.25, 0.3) is 10.4 Å². The van der Waals surface area contributed by atoms with Crippen LogP contribution in [0.5, 0.6) is 0 Å². The van der Waals surface area contributed by atoms with E-state index in [2.05, 4.69) is 14.9 Å². The number of nitrogens with zero attached hydrogens (tertiary/aromatic N) is 5. The number of aliphatic hydroxyl groups excluding tert-OH is 1. The minimum atomic E-state index is -1.74. The number of hydrogen-bond acceptors (Lipinski definition) is 7. The molecule has 2 aliphatic carbocycles. The van der Waals surface area contributed by atoms with Crippen molar-refractivity contribution in [3.63, 3.8) is 0 Å². The highest BCUT2D eigenvalue weighted by molar-refractivity contribution is 7.75. The molecule has 0 radical (unpaired) electrons. The monoisotopic (exact) mass is 761 g/mol. The summed E-state index contributed by atoms with van der Waals surface area (Å²) in [5.41, 5.74) is 15.6. The second-order valence-electron chi connectivity index (χ2n) is 14.5. The van der Waals surface area contributed by atoms with Gasteiger partial charge in [0.2, 0.25) is 0 Å². The fourth-order valence-corrected chi connectivity index (χ4v) is 9.79. The van der Waals surface area contributed by atoms with Crippen LogP contribution < -0.4 is 9.80 Å². The van der Waals surface area contributed by atoms with E-state index in [1.807, 2.05) is 4.90 Å². The Bertz CT molecular complexity index is 2030. The second kappa shape index (κ2) is 15.3. The maximum Gasteiger partial charge on any atom is 0.305 e. The standard InChI is InChI=1S/C20H20F2N4O.C20H19F2NO3S/c21-14-6-8-17-12(10-14)4-5-13-11-15(22)7-9-18(13)26(17)19-3-1-2-16(20(19)27)24-25-23;21-14-6-8-16-12(10-14)4-5-13-11-15(22)7-9-17(13)23(16)18-2-1-3-19-20(18)26-27(24)25-19/h6-11,16,19-20,27H,1-5H2;6-11,18-20H,1-5H2/t16-,19+,20+;18-,19-,20+,27?/m01/s1. The Kier molecular flexibility index (Phi) is 10.4. The van der Waals surface area contributed by atoms with Gasteiger partial charge in [0.1, 0.15) is 35.5 Å². The zero-order valence-corrected chi connectivity index (χ0v) is 30.1. The summed E-state index contributed by atoms with van der Waals surface area (Å²) in [6.45, 7) is 0. The predicted octanol–water partition coefficient (Wildman–Crippen LogP) is 8.91. The summed E-state index contributed by atoms with van der Waals surface area (Å²) in [7, 11) is 0. The number of aryl methyl sites for hydroxylation is 4. The van der Waals surface area contributed by atoms with E-state index in [0.29, 0.717) is 38.5 Å². The first-order valence-electron chi connectivity index (χ1n) is 18.4. The fraction of sp³-hybridized carbons (Fsp3) is 0.400. The number of fused-ring (bicyclic) bond motifs is 5. The molecule has 282 valence electrons. The summed E-state index contributed by atoms with van der Waals surface area (Å²) in [6.07, 6.45) is 5.68. The number of azide groups is 1. The molecular formula is C40H39F4N5O4S. The average molecular weight is 762 g/mol. The number of benzene rings is 4. The molecule has 1 N–H and O–H groups in total. The molecule has 1 unspecified atom stereocenters. The van der Waals surface area contributed by atoms with Crippen LogP contribution in [-0.2, 0) is 45.4 Å². The molecule has 9 rings (SSSR count). The minimum absolute atomic E-state index is 0.110. The molecule has 4 aromatic carbocycles. The van der Waals surface area contributed by atoms with Crippen LogP contribution in [0, 0.1) is 23.3 Å². The van der Waals surface area contributed by atoms with Crippen LogP contribution in [0.3, 0.4) is 0 Å². The Morgan fingerprint density at radius 1 is 0.648 bits per heavy atom. The lowest BCUT2D eigenvalue weighted by atomic mass is 9.86. The van der Waals surface area contributed by atoms with E-state index >= 15 is 0 Å². The topological polar surface area (TPSA) is 111 Å². The third-order valence-corrected chi connectivity index (χ3v) is 12.1. The molecule has 1 saturated heterocycles. The lowest BCUT2D eigenvalue weighted by Gasteiger charge is -2.42. The zero-order valence-electron chi connectivity index (χ0n) is 29.3. The SMILES string of the molecule is O=S1O[C@H]2[C@H](N3c4ccc(F)cc4CCc4cc(F)ccc43)CCC[C@H]2O1.[N-]=[N+]=N[C@H]1CCC[C@@H](N2c3ccc(F)cc3CCc3cc(F)ccc32)[C@@H]1O. The lowest BCUT2D eigenvalue weighted by molar-refractivity contribution is 0.0879. The Balaban J connectivity index is 0.000000153. The van der Waals surface area contributed by atoms with Crippen molar-refractivity contribution < 1.29 is 35.2 Å². The minimum Gasteiger partial charge on any atom is -0.391 e. The third kappa shape index (κ3) is 7.09. The summed E-state index contributed by atoms with van der Waals surface area (Å²) in [5.74, 6) is -1.20. The summed E-state index contributed by atoms with van der Waals surface area (Å²) in [5, 5.41) is 14.7. The Morgan fingerprint density at radius 2 is 1.07 bits per heavy atom. The third-order valence-electron chi connectivity index (χ3n) is 11.3. The van der Waals surface area contributed by atoms with Crippen LogP contribution >= 0.6 is 0 Å². The van der Waals surface area contributed by atoms with Crippen LogP contribution in [0.15, 0.2) is 77.9 Å². The molecule has 3 fully saturated rings. The van der Waals surface area contributed by atoms with Crippen molar-refractivity contribution in [2.45, 2.75) is 101 Å². The number of halogens is 4. The van der Waals surface area contributed by atoms with Gasteiger partial charge in [0.05, 0.1) is 24.2 Å². The highest BCUT2D eigenvalue weighted by Gasteiger charge is 2.47. The highest BCUT2D eigenvalue weighted by atomic mass is 32.2. The normalized spacial score (nSPS) is 27.0. The second-order valence-corrected chi connectivity index (χ2v) is 15.3. The Hall–Kier alpha value is -4.46. The van der Waals surface area contributed by atoms with Gasteiger partial charge in [-0.25, -0.2) is 17.6 Å². The van der Waals surface area contributed by atoms with Crippen LogP contribution in [0.2, 0.25) is 0 Å². The van der Waals surface area contributed by atoms with E-state index in [1.54, 1.807) is 36.4 Å². The molecule has 0 aromatic heterocycles. The van der Waals surface area contributed by atoms with Gasteiger partial charge >= 0.3 is 11.4 Å². The fourth-order valence-electron chi connectivity index (χ4n) is 8.90. The van der Waals surface area contributed by atoms with E-state index < -0.39 is 23.5 Å². The van der Waals surface area contributed by atoms with Gasteiger partial charge in [-0.05, 0) is 158 Å². The molecule has 0 spiro atoms. The largest absolute Gasteiger partial charge is 0.391 e. The predicted molar refractivity (Wildman–Crippen MR) is 197 cm³/mol. The van der Waals surface area contributed by atoms with E-state index in [-0.39, 0.29) is 47.6 Å². The zero-order chi connectivity index (χ0) is 37.5. The summed E-state index contributed by atoms with van der Waals surface area (Å²) in [4.78, 5) is 6.98. The van der Waals surface area contributed by atoms with E-state index in [4.69, 9.17) is 13.9 Å². The Morgan fingerprint density at radius 3 is 1.54 bits per heavy atom. The number of hydrogen-bond donors (Lipinski definition) is 1. The maximum atomic E-state index is 13.9. The van der Waals surface area contributed by atoms with E-state index in [0.717, 1.165) is 70.7 Å². The van der Waals surface area contributed by atoms with Crippen molar-refractivity contribution >= 4 is 34.1 Å². The van der Waals surface area contributed by atoms with Crippen molar-refractivity contribution in [3.05, 3.63) is 129 Å². The summed E-state index contributed by atoms with van der Waals surface area (Å²) >= 11 is -1.74. The van der Waals surface area contributed by atoms with Gasteiger partial charge in [-0.1, -0.05) is 11.5 Å². The van der Waals surface area contributed by atoms with Crippen molar-refractivity contribution in [3.8, 4) is 0 Å². The van der Waals surface area contributed by atoms with Gasteiger partial charge in [0.25, 0.3) is 0 Å². The smallest absolute Gasteiger partial charge is 0.305 e. The number of aliphatic hydroxyl groups is 1. The van der Waals surface area contributed by atoms with Gasteiger partial charge in [0.15, 0.2) is 0 Å². The maximum absolute atomic E-state index is 13.9. The highest BCUT2D eigenvalue weighted by Crippen LogP contribution is 2.45.